The first-order valence-corrected chi connectivity index (χ1v) is 5.89. The van der Waals surface area contributed by atoms with Gasteiger partial charge in [-0.15, -0.1) is 0 Å². The van der Waals surface area contributed by atoms with E-state index in [1.807, 2.05) is 0 Å². The molecule has 1 atom stereocenters. The van der Waals surface area contributed by atoms with Crippen molar-refractivity contribution in [1.29, 1.82) is 0 Å². The molecular formula is C12H20N2O2. The van der Waals surface area contributed by atoms with Gasteiger partial charge in [-0.25, -0.2) is 0 Å². The molecule has 4 heteroatoms. The number of rotatable bonds is 2. The molecule has 0 saturated carbocycles. The Morgan fingerprint density at radius 2 is 2.31 bits per heavy atom. The lowest BCUT2D eigenvalue weighted by atomic mass is 9.93. The van der Waals surface area contributed by atoms with E-state index >= 15 is 0 Å². The Labute approximate surface area is 95.6 Å². The zero-order valence-corrected chi connectivity index (χ0v) is 10.2. The van der Waals surface area contributed by atoms with Gasteiger partial charge in [0.25, 0.3) is 5.56 Å². The van der Waals surface area contributed by atoms with E-state index < -0.39 is 0 Å². The lowest BCUT2D eigenvalue weighted by molar-refractivity contribution is 0.0930. The molecule has 1 aromatic heterocycles. The molecule has 1 fully saturated rings. The van der Waals surface area contributed by atoms with Crippen LogP contribution in [0.25, 0.3) is 0 Å². The van der Waals surface area contributed by atoms with Crippen LogP contribution in [0.1, 0.15) is 39.3 Å². The summed E-state index contributed by atoms with van der Waals surface area (Å²) in [4.78, 5) is 11.8. The first kappa shape index (κ1) is 11.5. The van der Waals surface area contributed by atoms with Gasteiger partial charge in [-0.1, -0.05) is 20.8 Å². The molecule has 1 aromatic rings. The maximum atomic E-state index is 11.8. The predicted molar refractivity (Wildman–Crippen MR) is 62.7 cm³/mol. The zero-order chi connectivity index (χ0) is 11.8. The molecule has 1 saturated heterocycles. The Bertz CT molecular complexity index is 405. The van der Waals surface area contributed by atoms with E-state index in [4.69, 9.17) is 4.74 Å². The molecule has 1 N–H and O–H groups in total. The average molecular weight is 224 g/mol. The highest BCUT2D eigenvalue weighted by molar-refractivity contribution is 5.10. The Morgan fingerprint density at radius 1 is 1.56 bits per heavy atom. The van der Waals surface area contributed by atoms with Gasteiger partial charge in [0, 0.05) is 23.8 Å². The van der Waals surface area contributed by atoms with Crippen LogP contribution in [-0.4, -0.2) is 22.5 Å². The first-order valence-electron chi connectivity index (χ1n) is 5.89. The van der Waals surface area contributed by atoms with Crippen LogP contribution in [0.15, 0.2) is 10.9 Å². The number of hydrogen-bond acceptors (Lipinski definition) is 2. The Balaban J connectivity index is 2.15. The van der Waals surface area contributed by atoms with Crippen molar-refractivity contribution < 1.29 is 4.74 Å². The van der Waals surface area contributed by atoms with Crippen LogP contribution in [0, 0.1) is 0 Å². The van der Waals surface area contributed by atoms with Gasteiger partial charge in [-0.3, -0.25) is 14.6 Å². The van der Waals surface area contributed by atoms with Crippen molar-refractivity contribution in [3.8, 4) is 0 Å². The summed E-state index contributed by atoms with van der Waals surface area (Å²) in [6.07, 6.45) is 2.35. The predicted octanol–water partition coefficient (Wildman–Crippen LogP) is 1.65. The third-order valence-corrected chi connectivity index (χ3v) is 3.01. The van der Waals surface area contributed by atoms with Crippen molar-refractivity contribution in [3.63, 3.8) is 0 Å². The molecule has 0 aliphatic carbocycles. The van der Waals surface area contributed by atoms with Crippen LogP contribution in [0.3, 0.4) is 0 Å². The fraction of sp³-hybridized carbons (Fsp3) is 0.750. The summed E-state index contributed by atoms with van der Waals surface area (Å²) in [5.41, 5.74) is 1.01. The highest BCUT2D eigenvalue weighted by Crippen LogP contribution is 2.19. The molecule has 0 amide bonds. The largest absolute Gasteiger partial charge is 0.376 e. The standard InChI is InChI=1S/C12H20N2O2/c1-12(2,3)10-7-11(15)14(13-10)8-9-5-4-6-16-9/h7,9,13H,4-6,8H2,1-3H3/t9-/m0/s1. The van der Waals surface area contributed by atoms with Crippen LogP contribution in [0.2, 0.25) is 0 Å². The summed E-state index contributed by atoms with van der Waals surface area (Å²) >= 11 is 0. The van der Waals surface area contributed by atoms with Crippen molar-refractivity contribution in [3.05, 3.63) is 22.1 Å². The van der Waals surface area contributed by atoms with E-state index in [2.05, 4.69) is 25.9 Å². The molecule has 2 heterocycles. The van der Waals surface area contributed by atoms with Gasteiger partial charge in [0.05, 0.1) is 12.6 Å². The van der Waals surface area contributed by atoms with E-state index in [0.29, 0.717) is 6.54 Å². The smallest absolute Gasteiger partial charge is 0.266 e. The maximum Gasteiger partial charge on any atom is 0.266 e. The van der Waals surface area contributed by atoms with Crippen molar-refractivity contribution in [2.45, 2.75) is 51.7 Å². The highest BCUT2D eigenvalue weighted by Gasteiger charge is 2.20. The molecule has 4 nitrogen and oxygen atoms in total. The van der Waals surface area contributed by atoms with Crippen molar-refractivity contribution in [1.82, 2.24) is 9.78 Å². The minimum Gasteiger partial charge on any atom is -0.376 e. The molecule has 0 radical (unpaired) electrons. The van der Waals surface area contributed by atoms with Crippen molar-refractivity contribution in [2.24, 2.45) is 0 Å². The zero-order valence-electron chi connectivity index (χ0n) is 10.2. The van der Waals surface area contributed by atoms with Gasteiger partial charge in [-0.2, -0.15) is 0 Å². The summed E-state index contributed by atoms with van der Waals surface area (Å²) in [6.45, 7) is 7.75. The normalized spacial score (nSPS) is 21.6. The molecule has 0 aromatic carbocycles. The monoisotopic (exact) mass is 224 g/mol. The fourth-order valence-electron chi connectivity index (χ4n) is 1.95. The van der Waals surface area contributed by atoms with E-state index in [1.165, 1.54) is 0 Å². The van der Waals surface area contributed by atoms with Gasteiger partial charge in [0.1, 0.15) is 0 Å². The van der Waals surface area contributed by atoms with E-state index in [9.17, 15) is 4.79 Å². The topological polar surface area (TPSA) is 47.0 Å². The van der Waals surface area contributed by atoms with Gasteiger partial charge in [0.2, 0.25) is 0 Å². The number of nitrogens with zero attached hydrogens (tertiary/aromatic N) is 1. The summed E-state index contributed by atoms with van der Waals surface area (Å²) < 4.78 is 7.19. The summed E-state index contributed by atoms with van der Waals surface area (Å²) in [7, 11) is 0. The fourth-order valence-corrected chi connectivity index (χ4v) is 1.95. The van der Waals surface area contributed by atoms with Crippen LogP contribution in [0.4, 0.5) is 0 Å². The lowest BCUT2D eigenvalue weighted by Crippen LogP contribution is -2.24. The molecule has 0 spiro atoms. The average Bonchev–Trinajstić information content (AvgIpc) is 2.76. The number of aromatic nitrogens is 2. The molecule has 1 aliphatic heterocycles. The Morgan fingerprint density at radius 3 is 2.81 bits per heavy atom. The molecule has 16 heavy (non-hydrogen) atoms. The van der Waals surface area contributed by atoms with Crippen LogP contribution in [0.5, 0.6) is 0 Å². The minimum atomic E-state index is -0.0130. The lowest BCUT2D eigenvalue weighted by Gasteiger charge is -2.16. The minimum absolute atomic E-state index is 0.0130. The number of nitrogens with one attached hydrogen (secondary N) is 1. The van der Waals surface area contributed by atoms with Crippen molar-refractivity contribution in [2.75, 3.05) is 6.61 Å². The van der Waals surface area contributed by atoms with E-state index in [0.717, 1.165) is 25.1 Å². The Kier molecular flexibility index (Phi) is 2.93. The number of H-pyrrole nitrogens is 1. The van der Waals surface area contributed by atoms with Gasteiger partial charge in [-0.05, 0) is 12.8 Å². The summed E-state index contributed by atoms with van der Waals surface area (Å²) in [6, 6.07) is 1.69. The van der Waals surface area contributed by atoms with Crippen LogP contribution < -0.4 is 5.56 Å². The van der Waals surface area contributed by atoms with Gasteiger partial charge < -0.3 is 4.74 Å². The second kappa shape index (κ2) is 4.09. The first-order chi connectivity index (χ1) is 7.47. The van der Waals surface area contributed by atoms with E-state index in [1.54, 1.807) is 10.7 Å². The molecule has 1 aliphatic rings. The molecule has 90 valence electrons. The maximum absolute atomic E-state index is 11.8. The molecule has 0 unspecified atom stereocenters. The van der Waals surface area contributed by atoms with Crippen LogP contribution in [-0.2, 0) is 16.7 Å². The quantitative estimate of drug-likeness (QED) is 0.830. The second-order valence-electron chi connectivity index (χ2n) is 5.50. The SMILES string of the molecule is CC(C)(C)c1cc(=O)n(C[C@@H]2CCCO2)[nH]1. The highest BCUT2D eigenvalue weighted by atomic mass is 16.5. The molecule has 2 rings (SSSR count). The summed E-state index contributed by atoms with van der Waals surface area (Å²) in [5.74, 6) is 0. The third-order valence-electron chi connectivity index (χ3n) is 3.01. The van der Waals surface area contributed by atoms with E-state index in [-0.39, 0.29) is 17.1 Å². The second-order valence-corrected chi connectivity index (χ2v) is 5.50. The third kappa shape index (κ3) is 2.38. The molecule has 0 bridgehead atoms. The van der Waals surface area contributed by atoms with Crippen molar-refractivity contribution >= 4 is 0 Å². The number of ether oxygens (including phenoxy) is 1. The summed E-state index contributed by atoms with van der Waals surface area (Å²) in [5, 5.41) is 3.17. The van der Waals surface area contributed by atoms with Gasteiger partial charge >= 0.3 is 0 Å². The molecular weight excluding hydrogens is 204 g/mol. The number of aromatic amines is 1. The van der Waals surface area contributed by atoms with Gasteiger partial charge in [0.15, 0.2) is 0 Å². The number of hydrogen-bond donors (Lipinski definition) is 1. The Hall–Kier alpha value is -1.03. The van der Waals surface area contributed by atoms with Crippen LogP contribution >= 0.6 is 0 Å².